The Bertz CT molecular complexity index is 1770. The molecule has 0 bridgehead atoms. The van der Waals surface area contributed by atoms with E-state index in [1.54, 1.807) is 27.0 Å². The Hall–Kier alpha value is -4.60. The highest BCUT2D eigenvalue weighted by Crippen LogP contribution is 2.49. The summed E-state index contributed by atoms with van der Waals surface area (Å²) in [5.41, 5.74) is 0.0179. The number of fused-ring (bicyclic) bond motifs is 5. The maximum atomic E-state index is 14.0. The van der Waals surface area contributed by atoms with Crippen LogP contribution in [0.25, 0.3) is 32.6 Å². The lowest BCUT2D eigenvalue weighted by molar-refractivity contribution is -0.188. The van der Waals surface area contributed by atoms with Crippen LogP contribution in [0, 0.1) is 0 Å². The predicted molar refractivity (Wildman–Crippen MR) is 149 cm³/mol. The molecule has 2 heterocycles. The molecule has 10 heteroatoms. The summed E-state index contributed by atoms with van der Waals surface area (Å²) in [6.07, 6.45) is -2.24. The van der Waals surface area contributed by atoms with Gasteiger partial charge in [0.1, 0.15) is 23.6 Å². The number of aryl methyl sites for hydroxylation is 1. The number of hydrogen-bond donors (Lipinski definition) is 1. The summed E-state index contributed by atoms with van der Waals surface area (Å²) in [5.74, 6) is -1.13. The number of carbonyl (C=O) groups excluding carboxylic acids is 3. The van der Waals surface area contributed by atoms with E-state index in [4.69, 9.17) is 18.9 Å². The van der Waals surface area contributed by atoms with Gasteiger partial charge in [0.05, 0.1) is 29.1 Å². The van der Waals surface area contributed by atoms with Crippen molar-refractivity contribution in [3.05, 3.63) is 58.3 Å². The lowest BCUT2D eigenvalue weighted by Gasteiger charge is -2.43. The molecule has 1 aliphatic rings. The Morgan fingerprint density at radius 2 is 1.73 bits per heavy atom. The summed E-state index contributed by atoms with van der Waals surface area (Å²) in [7, 11) is 3.27. The molecule has 4 aromatic rings. The van der Waals surface area contributed by atoms with Crippen LogP contribution in [0.5, 0.6) is 11.5 Å². The first-order chi connectivity index (χ1) is 18.9. The molecule has 5 rings (SSSR count). The molecule has 0 aliphatic carbocycles. The van der Waals surface area contributed by atoms with Gasteiger partial charge in [0, 0.05) is 32.3 Å². The molecule has 40 heavy (non-hydrogen) atoms. The smallest absolute Gasteiger partial charge is 0.325 e. The van der Waals surface area contributed by atoms with Crippen LogP contribution in [0.1, 0.15) is 39.4 Å². The first kappa shape index (κ1) is 27.0. The number of pyridine rings is 1. The Balaban J connectivity index is 1.83. The van der Waals surface area contributed by atoms with E-state index >= 15 is 0 Å². The van der Waals surface area contributed by atoms with Crippen LogP contribution in [0.3, 0.4) is 0 Å². The fourth-order valence-corrected chi connectivity index (χ4v) is 5.41. The molecular formula is C30H30N2O8. The summed E-state index contributed by atoms with van der Waals surface area (Å²) in [6, 6.07) is 13.1. The van der Waals surface area contributed by atoms with E-state index in [2.05, 4.69) is 5.32 Å². The molecule has 1 aromatic heterocycles. The maximum Gasteiger partial charge on any atom is 0.325 e. The summed E-state index contributed by atoms with van der Waals surface area (Å²) in [6.45, 7) is 5.56. The second-order valence-electron chi connectivity index (χ2n) is 10.4. The molecule has 1 N–H and O–H groups in total. The SMILES string of the molecule is COc1cc2c(c3c1c(=O)c1cc4ccccc4cc1n3C)[C@@H](OC(C)=O)[C@@H](OC(=O)CNC(C)=O)C(C)(C)O2. The number of esters is 2. The van der Waals surface area contributed by atoms with Crippen molar-refractivity contribution in [2.75, 3.05) is 13.7 Å². The van der Waals surface area contributed by atoms with Crippen molar-refractivity contribution < 1.29 is 33.3 Å². The number of nitrogens with one attached hydrogen (secondary N) is 1. The Morgan fingerprint density at radius 1 is 1.05 bits per heavy atom. The van der Waals surface area contributed by atoms with Crippen molar-refractivity contribution in [3.63, 3.8) is 0 Å². The highest BCUT2D eigenvalue weighted by Gasteiger charge is 2.50. The van der Waals surface area contributed by atoms with Crippen LogP contribution in [0.2, 0.25) is 0 Å². The summed E-state index contributed by atoms with van der Waals surface area (Å²) >= 11 is 0. The van der Waals surface area contributed by atoms with Crippen LogP contribution in [0.15, 0.2) is 47.3 Å². The number of ether oxygens (including phenoxy) is 4. The van der Waals surface area contributed by atoms with Gasteiger partial charge in [0.2, 0.25) is 11.3 Å². The van der Waals surface area contributed by atoms with Crippen molar-refractivity contribution in [1.82, 2.24) is 9.88 Å². The third kappa shape index (κ3) is 4.49. The topological polar surface area (TPSA) is 122 Å². The van der Waals surface area contributed by atoms with Crippen molar-refractivity contribution in [1.29, 1.82) is 0 Å². The van der Waals surface area contributed by atoms with Gasteiger partial charge >= 0.3 is 11.9 Å². The van der Waals surface area contributed by atoms with Crippen molar-refractivity contribution in [2.45, 2.75) is 45.5 Å². The molecule has 208 valence electrons. The molecule has 0 radical (unpaired) electrons. The number of nitrogens with zero attached hydrogens (tertiary/aromatic N) is 1. The molecule has 0 saturated heterocycles. The highest BCUT2D eigenvalue weighted by molar-refractivity contribution is 6.04. The van der Waals surface area contributed by atoms with E-state index in [1.165, 1.54) is 21.0 Å². The normalized spacial score (nSPS) is 17.6. The van der Waals surface area contributed by atoms with E-state index in [0.29, 0.717) is 33.5 Å². The zero-order valence-corrected chi connectivity index (χ0v) is 23.1. The van der Waals surface area contributed by atoms with Gasteiger partial charge in [-0.1, -0.05) is 24.3 Å². The standard InChI is InChI=1S/C30H30N2O8/c1-15(33)31-14-23(35)39-29-28(38-16(2)34)25-22(40-30(29,3)4)13-21(37-6)24-26(25)32(5)20-12-18-10-8-7-9-17(18)11-19(20)27(24)36/h7-13,28-29H,14H2,1-6H3,(H,31,33)/t28-,29-/m1/s1. The van der Waals surface area contributed by atoms with Gasteiger partial charge in [-0.25, -0.2) is 0 Å². The van der Waals surface area contributed by atoms with Gasteiger partial charge in [0.15, 0.2) is 12.2 Å². The maximum absolute atomic E-state index is 14.0. The molecule has 0 unspecified atom stereocenters. The fraction of sp³-hybridized carbons (Fsp3) is 0.333. The lowest BCUT2D eigenvalue weighted by Crippen LogP contribution is -2.53. The number of amides is 1. The van der Waals surface area contributed by atoms with Crippen LogP contribution in [-0.4, -0.2) is 47.8 Å². The van der Waals surface area contributed by atoms with Gasteiger partial charge in [0.25, 0.3) is 0 Å². The second kappa shape index (κ2) is 9.86. The number of aromatic nitrogens is 1. The minimum Gasteiger partial charge on any atom is -0.496 e. The van der Waals surface area contributed by atoms with Crippen molar-refractivity contribution in [3.8, 4) is 11.5 Å². The highest BCUT2D eigenvalue weighted by atomic mass is 16.6. The van der Waals surface area contributed by atoms with Gasteiger partial charge in [-0.3, -0.25) is 19.2 Å². The van der Waals surface area contributed by atoms with Crippen LogP contribution in [-0.2, 0) is 30.9 Å². The number of benzene rings is 3. The number of methoxy groups -OCH3 is 1. The van der Waals surface area contributed by atoms with E-state index in [0.717, 1.165) is 10.8 Å². The third-order valence-electron chi connectivity index (χ3n) is 7.17. The average molecular weight is 547 g/mol. The van der Waals surface area contributed by atoms with Gasteiger partial charge < -0.3 is 28.8 Å². The molecule has 1 amide bonds. The van der Waals surface area contributed by atoms with Crippen molar-refractivity contribution >= 4 is 50.4 Å². The van der Waals surface area contributed by atoms with Crippen LogP contribution >= 0.6 is 0 Å². The number of hydrogen-bond acceptors (Lipinski definition) is 8. The average Bonchev–Trinajstić information content (AvgIpc) is 2.90. The third-order valence-corrected chi connectivity index (χ3v) is 7.17. The van der Waals surface area contributed by atoms with Gasteiger partial charge in [-0.05, 0) is 36.8 Å². The molecule has 0 spiro atoms. The Morgan fingerprint density at radius 3 is 2.35 bits per heavy atom. The molecule has 10 nitrogen and oxygen atoms in total. The van der Waals surface area contributed by atoms with E-state index in [-0.39, 0.29) is 17.4 Å². The Kier molecular flexibility index (Phi) is 6.65. The summed E-state index contributed by atoms with van der Waals surface area (Å²) < 4.78 is 25.4. The number of carbonyl (C=O) groups is 3. The summed E-state index contributed by atoms with van der Waals surface area (Å²) in [5, 5.41) is 5.03. The van der Waals surface area contributed by atoms with Gasteiger partial charge in [-0.2, -0.15) is 0 Å². The molecule has 0 saturated carbocycles. The quantitative estimate of drug-likeness (QED) is 0.297. The van der Waals surface area contributed by atoms with Gasteiger partial charge in [-0.15, -0.1) is 0 Å². The molecule has 3 aromatic carbocycles. The fourth-order valence-electron chi connectivity index (χ4n) is 5.41. The summed E-state index contributed by atoms with van der Waals surface area (Å²) in [4.78, 5) is 50.5. The largest absolute Gasteiger partial charge is 0.496 e. The lowest BCUT2D eigenvalue weighted by atomic mass is 9.86. The molecular weight excluding hydrogens is 516 g/mol. The minimum atomic E-state index is -1.16. The first-order valence-electron chi connectivity index (χ1n) is 12.8. The monoisotopic (exact) mass is 546 g/mol. The predicted octanol–water partition coefficient (Wildman–Crippen LogP) is 3.68. The van der Waals surface area contributed by atoms with Crippen LogP contribution in [0.4, 0.5) is 0 Å². The second-order valence-corrected chi connectivity index (χ2v) is 10.4. The van der Waals surface area contributed by atoms with E-state index < -0.39 is 35.7 Å². The first-order valence-corrected chi connectivity index (χ1v) is 12.8. The van der Waals surface area contributed by atoms with Crippen molar-refractivity contribution in [2.24, 2.45) is 7.05 Å². The molecule has 1 aliphatic heterocycles. The zero-order valence-electron chi connectivity index (χ0n) is 23.1. The number of rotatable bonds is 5. The Labute approximate surface area is 229 Å². The van der Waals surface area contributed by atoms with E-state index in [9.17, 15) is 19.2 Å². The van der Waals surface area contributed by atoms with Crippen LogP contribution < -0.4 is 20.2 Å². The molecule has 2 atom stereocenters. The zero-order chi connectivity index (χ0) is 28.9. The van der Waals surface area contributed by atoms with E-state index in [1.807, 2.05) is 41.0 Å². The minimum absolute atomic E-state index is 0.265. The molecule has 0 fully saturated rings.